The first-order valence-electron chi connectivity index (χ1n) is 4.49. The first-order chi connectivity index (χ1) is 5.88. The van der Waals surface area contributed by atoms with Crippen molar-refractivity contribution >= 4 is 11.3 Å². The highest BCUT2D eigenvalue weighted by Gasteiger charge is 2.09. The van der Waals surface area contributed by atoms with Gasteiger partial charge in [0, 0.05) is 17.4 Å². The fourth-order valence-corrected chi connectivity index (χ4v) is 2.08. The lowest BCUT2D eigenvalue weighted by Gasteiger charge is -2.11. The van der Waals surface area contributed by atoms with E-state index >= 15 is 0 Å². The number of rotatable bonds is 5. The van der Waals surface area contributed by atoms with Crippen LogP contribution in [0.15, 0.2) is 17.5 Å². The molecule has 0 aromatic carbocycles. The van der Waals surface area contributed by atoms with Crippen LogP contribution in [-0.4, -0.2) is 13.2 Å². The summed E-state index contributed by atoms with van der Waals surface area (Å²) in [5, 5.41) is 2.13. The predicted octanol–water partition coefficient (Wildman–Crippen LogP) is 3.28. The van der Waals surface area contributed by atoms with Crippen LogP contribution < -0.4 is 0 Å². The van der Waals surface area contributed by atoms with Gasteiger partial charge in [-0.05, 0) is 24.8 Å². The van der Waals surface area contributed by atoms with Crippen molar-refractivity contribution in [3.8, 4) is 0 Å². The van der Waals surface area contributed by atoms with Crippen molar-refractivity contribution in [1.29, 1.82) is 0 Å². The molecule has 1 rings (SSSR count). The smallest absolute Gasteiger partial charge is 0.0542 e. The molecule has 68 valence electrons. The van der Waals surface area contributed by atoms with Crippen LogP contribution in [-0.2, 0) is 4.74 Å². The van der Waals surface area contributed by atoms with Crippen LogP contribution in [0.5, 0.6) is 0 Å². The molecule has 0 spiro atoms. The van der Waals surface area contributed by atoms with Crippen molar-refractivity contribution in [2.24, 2.45) is 0 Å². The van der Waals surface area contributed by atoms with E-state index in [-0.39, 0.29) is 0 Å². The maximum Gasteiger partial charge on any atom is 0.0542 e. The minimum atomic E-state index is 0.602. The molecule has 0 saturated carbocycles. The molecule has 1 aromatic rings. The largest absolute Gasteiger partial charge is 0.381 e. The van der Waals surface area contributed by atoms with Crippen LogP contribution >= 0.6 is 11.3 Å². The van der Waals surface area contributed by atoms with Crippen molar-refractivity contribution in [2.45, 2.75) is 26.2 Å². The summed E-state index contributed by atoms with van der Waals surface area (Å²) in [5.74, 6) is 0.602. The van der Waals surface area contributed by atoms with E-state index in [1.165, 1.54) is 11.3 Å². The minimum absolute atomic E-state index is 0.602. The average Bonchev–Trinajstić information content (AvgIpc) is 2.59. The average molecular weight is 184 g/mol. The molecule has 0 aliphatic heterocycles. The molecule has 12 heavy (non-hydrogen) atoms. The molecule has 0 aliphatic carbocycles. The molecule has 1 nitrogen and oxygen atoms in total. The van der Waals surface area contributed by atoms with Gasteiger partial charge in [0.1, 0.15) is 0 Å². The van der Waals surface area contributed by atoms with Crippen LogP contribution in [0.3, 0.4) is 0 Å². The molecule has 0 fully saturated rings. The molecule has 0 aliphatic rings. The Kier molecular flexibility index (Phi) is 4.33. The summed E-state index contributed by atoms with van der Waals surface area (Å²) in [6.07, 6.45) is 1.17. The molecule has 0 N–H and O–H groups in total. The third kappa shape index (κ3) is 2.61. The number of hydrogen-bond acceptors (Lipinski definition) is 2. The van der Waals surface area contributed by atoms with Gasteiger partial charge in [-0.2, -0.15) is 0 Å². The van der Waals surface area contributed by atoms with E-state index in [2.05, 4.69) is 24.4 Å². The fourth-order valence-electron chi connectivity index (χ4n) is 1.18. The Balaban J connectivity index is 2.45. The summed E-state index contributed by atoms with van der Waals surface area (Å²) >= 11 is 1.83. The Hall–Kier alpha value is -0.340. The van der Waals surface area contributed by atoms with Crippen LogP contribution in [0, 0.1) is 0 Å². The van der Waals surface area contributed by atoms with Gasteiger partial charge < -0.3 is 4.74 Å². The van der Waals surface area contributed by atoms with Crippen molar-refractivity contribution < 1.29 is 4.74 Å². The molecule has 0 saturated heterocycles. The third-order valence-electron chi connectivity index (χ3n) is 1.96. The molecule has 1 heterocycles. The van der Waals surface area contributed by atoms with Crippen LogP contribution in [0.2, 0.25) is 0 Å². The molecular weight excluding hydrogens is 168 g/mol. The first kappa shape index (κ1) is 9.75. The van der Waals surface area contributed by atoms with E-state index < -0.39 is 0 Å². The Labute approximate surface area is 78.4 Å². The predicted molar refractivity (Wildman–Crippen MR) is 53.8 cm³/mol. The molecule has 1 unspecified atom stereocenters. The summed E-state index contributed by atoms with van der Waals surface area (Å²) in [6.45, 7) is 5.94. The molecule has 1 aromatic heterocycles. The maximum absolute atomic E-state index is 5.42. The topological polar surface area (TPSA) is 9.23 Å². The van der Waals surface area contributed by atoms with Gasteiger partial charge in [0.2, 0.25) is 0 Å². The Morgan fingerprint density at radius 2 is 2.33 bits per heavy atom. The van der Waals surface area contributed by atoms with Gasteiger partial charge in [-0.1, -0.05) is 13.0 Å². The first-order valence-corrected chi connectivity index (χ1v) is 5.37. The number of thiophene rings is 1. The highest BCUT2D eigenvalue weighted by molar-refractivity contribution is 7.10. The fraction of sp³-hybridized carbons (Fsp3) is 0.600. The quantitative estimate of drug-likeness (QED) is 0.682. The van der Waals surface area contributed by atoms with E-state index in [4.69, 9.17) is 4.74 Å². The van der Waals surface area contributed by atoms with E-state index in [1.54, 1.807) is 0 Å². The van der Waals surface area contributed by atoms with Crippen molar-refractivity contribution in [2.75, 3.05) is 13.2 Å². The van der Waals surface area contributed by atoms with Gasteiger partial charge in [0.15, 0.2) is 0 Å². The molecule has 0 radical (unpaired) electrons. The van der Waals surface area contributed by atoms with Crippen molar-refractivity contribution in [3.63, 3.8) is 0 Å². The molecule has 0 bridgehead atoms. The SMILES string of the molecule is CCOCC(CC)c1cccs1. The van der Waals surface area contributed by atoms with E-state index in [9.17, 15) is 0 Å². The van der Waals surface area contributed by atoms with Crippen molar-refractivity contribution in [3.05, 3.63) is 22.4 Å². The molecule has 2 heteroatoms. The second-order valence-electron chi connectivity index (χ2n) is 2.78. The summed E-state index contributed by atoms with van der Waals surface area (Å²) < 4.78 is 5.42. The lowest BCUT2D eigenvalue weighted by atomic mass is 10.1. The van der Waals surface area contributed by atoms with Gasteiger partial charge in [0.25, 0.3) is 0 Å². The summed E-state index contributed by atoms with van der Waals surface area (Å²) in [5.41, 5.74) is 0. The molecule has 1 atom stereocenters. The monoisotopic (exact) mass is 184 g/mol. The summed E-state index contributed by atoms with van der Waals surface area (Å²) in [7, 11) is 0. The van der Waals surface area contributed by atoms with Crippen LogP contribution in [0.25, 0.3) is 0 Å². The number of hydrogen-bond donors (Lipinski definition) is 0. The highest BCUT2D eigenvalue weighted by Crippen LogP contribution is 2.24. The lowest BCUT2D eigenvalue weighted by molar-refractivity contribution is 0.132. The summed E-state index contributed by atoms with van der Waals surface area (Å²) in [6, 6.07) is 4.30. The standard InChI is InChI=1S/C10H16OS/c1-3-9(8-11-4-2)10-6-5-7-12-10/h5-7,9H,3-4,8H2,1-2H3. The molecular formula is C10H16OS. The minimum Gasteiger partial charge on any atom is -0.381 e. The number of ether oxygens (including phenoxy) is 1. The maximum atomic E-state index is 5.42. The second kappa shape index (κ2) is 5.33. The zero-order valence-corrected chi connectivity index (χ0v) is 8.56. The Morgan fingerprint density at radius 3 is 2.83 bits per heavy atom. The third-order valence-corrected chi connectivity index (χ3v) is 3.00. The Morgan fingerprint density at radius 1 is 1.50 bits per heavy atom. The van der Waals surface area contributed by atoms with E-state index in [1.807, 2.05) is 18.3 Å². The van der Waals surface area contributed by atoms with Gasteiger partial charge in [-0.25, -0.2) is 0 Å². The van der Waals surface area contributed by atoms with Gasteiger partial charge >= 0.3 is 0 Å². The normalized spacial score (nSPS) is 13.2. The van der Waals surface area contributed by atoms with E-state index in [0.29, 0.717) is 5.92 Å². The molecule has 0 amide bonds. The lowest BCUT2D eigenvalue weighted by Crippen LogP contribution is -2.05. The van der Waals surface area contributed by atoms with Crippen LogP contribution in [0.1, 0.15) is 31.1 Å². The summed E-state index contributed by atoms with van der Waals surface area (Å²) in [4.78, 5) is 1.45. The van der Waals surface area contributed by atoms with Crippen LogP contribution in [0.4, 0.5) is 0 Å². The van der Waals surface area contributed by atoms with Gasteiger partial charge in [0.05, 0.1) is 6.61 Å². The van der Waals surface area contributed by atoms with Gasteiger partial charge in [-0.3, -0.25) is 0 Å². The zero-order chi connectivity index (χ0) is 8.81. The zero-order valence-electron chi connectivity index (χ0n) is 7.75. The second-order valence-corrected chi connectivity index (χ2v) is 3.76. The van der Waals surface area contributed by atoms with Gasteiger partial charge in [-0.15, -0.1) is 11.3 Å². The highest BCUT2D eigenvalue weighted by atomic mass is 32.1. The van der Waals surface area contributed by atoms with E-state index in [0.717, 1.165) is 13.2 Å². The Bertz CT molecular complexity index is 194. The van der Waals surface area contributed by atoms with Crippen molar-refractivity contribution in [1.82, 2.24) is 0 Å².